The van der Waals surface area contributed by atoms with Crippen LogP contribution in [0.4, 0.5) is 0 Å². The van der Waals surface area contributed by atoms with Gasteiger partial charge in [-0.1, -0.05) is 0 Å². The Bertz CT molecular complexity index is 1030. The number of benzene rings is 2. The molecule has 0 saturated carbocycles. The Morgan fingerprint density at radius 3 is 1.97 bits per heavy atom. The predicted octanol–water partition coefficient (Wildman–Crippen LogP) is 3.59. The van der Waals surface area contributed by atoms with E-state index >= 15 is 0 Å². The standard InChI is InChI=1S/C25H31NO8/c1-7-33-24(27)19-13-23(32-6)22(31-5)12-18(19)20(25(28)34-8-2)15-26-14-16-9-10-17(29-3)11-21(16)30-4/h9-13,15,26H,7-8,14H2,1-6H3. The number of carbonyl (C=O) groups is 2. The molecule has 0 fully saturated rings. The van der Waals surface area contributed by atoms with Crippen molar-refractivity contribution in [3.63, 3.8) is 0 Å². The van der Waals surface area contributed by atoms with Gasteiger partial charge in [-0.2, -0.15) is 0 Å². The quantitative estimate of drug-likeness (QED) is 0.366. The summed E-state index contributed by atoms with van der Waals surface area (Å²) in [5, 5.41) is 3.11. The van der Waals surface area contributed by atoms with Gasteiger partial charge in [0.15, 0.2) is 11.5 Å². The molecule has 0 aliphatic rings. The van der Waals surface area contributed by atoms with Crippen molar-refractivity contribution in [1.82, 2.24) is 5.32 Å². The van der Waals surface area contributed by atoms with E-state index in [0.29, 0.717) is 29.5 Å². The van der Waals surface area contributed by atoms with E-state index in [2.05, 4.69) is 5.32 Å². The molecule has 0 aliphatic heterocycles. The zero-order valence-corrected chi connectivity index (χ0v) is 20.4. The van der Waals surface area contributed by atoms with Gasteiger partial charge in [0, 0.05) is 29.9 Å². The topological polar surface area (TPSA) is 102 Å². The highest BCUT2D eigenvalue weighted by molar-refractivity contribution is 6.19. The molecule has 0 unspecified atom stereocenters. The number of nitrogens with one attached hydrogen (secondary N) is 1. The normalized spacial score (nSPS) is 10.8. The van der Waals surface area contributed by atoms with Crippen molar-refractivity contribution in [2.75, 3.05) is 41.7 Å². The lowest BCUT2D eigenvalue weighted by molar-refractivity contribution is -0.136. The molecule has 1 N–H and O–H groups in total. The first kappa shape index (κ1) is 26.4. The van der Waals surface area contributed by atoms with E-state index in [4.69, 9.17) is 28.4 Å². The Morgan fingerprint density at radius 2 is 1.41 bits per heavy atom. The molecular formula is C25H31NO8. The SMILES string of the molecule is CCOC(=O)C(=CNCc1ccc(OC)cc1OC)c1cc(OC)c(OC)cc1C(=O)OCC. The summed E-state index contributed by atoms with van der Waals surface area (Å²) in [5.41, 5.74) is 1.38. The smallest absolute Gasteiger partial charge is 0.340 e. The molecule has 0 heterocycles. The van der Waals surface area contributed by atoms with Gasteiger partial charge in [0.25, 0.3) is 0 Å². The molecule has 0 spiro atoms. The predicted molar refractivity (Wildman–Crippen MR) is 126 cm³/mol. The van der Waals surface area contributed by atoms with E-state index in [-0.39, 0.29) is 29.9 Å². The monoisotopic (exact) mass is 473 g/mol. The maximum absolute atomic E-state index is 12.9. The van der Waals surface area contributed by atoms with Crippen LogP contribution in [0.2, 0.25) is 0 Å². The third-order valence-electron chi connectivity index (χ3n) is 4.84. The van der Waals surface area contributed by atoms with Crippen molar-refractivity contribution in [1.29, 1.82) is 0 Å². The second kappa shape index (κ2) is 13.0. The fraction of sp³-hybridized carbons (Fsp3) is 0.360. The number of hydrogen-bond acceptors (Lipinski definition) is 9. The molecule has 0 atom stereocenters. The van der Waals surface area contributed by atoms with Crippen molar-refractivity contribution >= 4 is 17.5 Å². The van der Waals surface area contributed by atoms with Crippen LogP contribution in [0.15, 0.2) is 36.5 Å². The lowest BCUT2D eigenvalue weighted by Gasteiger charge is -2.16. The lowest BCUT2D eigenvalue weighted by atomic mass is 9.99. The van der Waals surface area contributed by atoms with Crippen LogP contribution in [0.1, 0.15) is 35.3 Å². The molecule has 2 rings (SSSR count). The molecule has 34 heavy (non-hydrogen) atoms. The molecule has 0 saturated heterocycles. The number of carbonyl (C=O) groups excluding carboxylic acids is 2. The van der Waals surface area contributed by atoms with Crippen LogP contribution in [0.3, 0.4) is 0 Å². The summed E-state index contributed by atoms with van der Waals surface area (Å²) in [4.78, 5) is 25.6. The van der Waals surface area contributed by atoms with E-state index in [9.17, 15) is 9.59 Å². The number of methoxy groups -OCH3 is 4. The fourth-order valence-corrected chi connectivity index (χ4v) is 3.20. The molecule has 2 aromatic carbocycles. The van der Waals surface area contributed by atoms with Crippen LogP contribution < -0.4 is 24.3 Å². The summed E-state index contributed by atoms with van der Waals surface area (Å²) in [5.74, 6) is 0.731. The molecule has 0 aromatic heterocycles. The molecule has 0 amide bonds. The number of esters is 2. The molecular weight excluding hydrogens is 442 g/mol. The van der Waals surface area contributed by atoms with Crippen LogP contribution in [0.5, 0.6) is 23.0 Å². The summed E-state index contributed by atoms with van der Waals surface area (Å²) in [6, 6.07) is 8.45. The maximum Gasteiger partial charge on any atom is 0.340 e. The molecule has 9 nitrogen and oxygen atoms in total. The highest BCUT2D eigenvalue weighted by Crippen LogP contribution is 2.34. The summed E-state index contributed by atoms with van der Waals surface area (Å²) in [6.45, 7) is 4.06. The molecule has 184 valence electrons. The molecule has 9 heteroatoms. The van der Waals surface area contributed by atoms with E-state index in [1.165, 1.54) is 26.5 Å². The van der Waals surface area contributed by atoms with Crippen LogP contribution in [-0.2, 0) is 20.8 Å². The highest BCUT2D eigenvalue weighted by Gasteiger charge is 2.24. The average Bonchev–Trinajstić information content (AvgIpc) is 2.86. The van der Waals surface area contributed by atoms with Crippen molar-refractivity contribution in [2.45, 2.75) is 20.4 Å². The number of ether oxygens (including phenoxy) is 6. The second-order valence-electron chi connectivity index (χ2n) is 6.81. The summed E-state index contributed by atoms with van der Waals surface area (Å²) in [6.07, 6.45) is 1.49. The minimum Gasteiger partial charge on any atom is -0.497 e. The largest absolute Gasteiger partial charge is 0.497 e. The van der Waals surface area contributed by atoms with Crippen LogP contribution in [0.25, 0.3) is 5.57 Å². The van der Waals surface area contributed by atoms with Gasteiger partial charge in [0.1, 0.15) is 11.5 Å². The maximum atomic E-state index is 12.9. The fourth-order valence-electron chi connectivity index (χ4n) is 3.20. The first-order valence-corrected chi connectivity index (χ1v) is 10.7. The van der Waals surface area contributed by atoms with E-state index in [1.54, 1.807) is 40.2 Å². The number of rotatable bonds is 12. The average molecular weight is 474 g/mol. The van der Waals surface area contributed by atoms with Crippen molar-refractivity contribution < 1.29 is 38.0 Å². The second-order valence-corrected chi connectivity index (χ2v) is 6.81. The van der Waals surface area contributed by atoms with Gasteiger partial charge in [0.2, 0.25) is 0 Å². The first-order valence-electron chi connectivity index (χ1n) is 10.7. The highest BCUT2D eigenvalue weighted by atomic mass is 16.5. The third-order valence-corrected chi connectivity index (χ3v) is 4.84. The molecule has 0 radical (unpaired) electrons. The molecule has 2 aromatic rings. The van der Waals surface area contributed by atoms with Crippen LogP contribution in [0, 0.1) is 0 Å². The molecule has 0 aliphatic carbocycles. The molecule has 0 bridgehead atoms. The van der Waals surface area contributed by atoms with E-state index in [1.807, 2.05) is 12.1 Å². The number of hydrogen-bond donors (Lipinski definition) is 1. The van der Waals surface area contributed by atoms with Gasteiger partial charge in [-0.15, -0.1) is 0 Å². The Labute approximate surface area is 199 Å². The van der Waals surface area contributed by atoms with Crippen LogP contribution >= 0.6 is 0 Å². The van der Waals surface area contributed by atoms with Gasteiger partial charge in [-0.25, -0.2) is 9.59 Å². The summed E-state index contributed by atoms with van der Waals surface area (Å²) in [7, 11) is 6.06. The van der Waals surface area contributed by atoms with E-state index in [0.717, 1.165) is 5.56 Å². The van der Waals surface area contributed by atoms with Gasteiger partial charge in [-0.3, -0.25) is 0 Å². The Kier molecular flexibility index (Phi) is 10.1. The lowest BCUT2D eigenvalue weighted by Crippen LogP contribution is -2.16. The van der Waals surface area contributed by atoms with Gasteiger partial charge < -0.3 is 33.7 Å². The zero-order valence-electron chi connectivity index (χ0n) is 20.4. The third kappa shape index (κ3) is 6.34. The first-order chi connectivity index (χ1) is 16.4. The minimum atomic E-state index is -0.616. The van der Waals surface area contributed by atoms with E-state index < -0.39 is 11.9 Å². The van der Waals surface area contributed by atoms with Crippen LogP contribution in [-0.4, -0.2) is 53.6 Å². The van der Waals surface area contributed by atoms with Gasteiger partial charge >= 0.3 is 11.9 Å². The Hall–Kier alpha value is -3.88. The minimum absolute atomic E-state index is 0.123. The van der Waals surface area contributed by atoms with Crippen molar-refractivity contribution in [3.05, 3.63) is 53.2 Å². The summed E-state index contributed by atoms with van der Waals surface area (Å²) < 4.78 is 31.8. The summed E-state index contributed by atoms with van der Waals surface area (Å²) >= 11 is 0. The van der Waals surface area contributed by atoms with Gasteiger partial charge in [0.05, 0.1) is 52.8 Å². The Balaban J connectivity index is 2.53. The van der Waals surface area contributed by atoms with Crippen molar-refractivity contribution in [3.8, 4) is 23.0 Å². The zero-order chi connectivity index (χ0) is 25.1. The van der Waals surface area contributed by atoms with Crippen molar-refractivity contribution in [2.24, 2.45) is 0 Å². The van der Waals surface area contributed by atoms with Gasteiger partial charge in [-0.05, 0) is 38.1 Å². The Morgan fingerprint density at radius 1 is 0.794 bits per heavy atom.